The maximum atomic E-state index is 5.53. The van der Waals surface area contributed by atoms with Crippen LogP contribution in [0.1, 0.15) is 10.2 Å². The van der Waals surface area contributed by atoms with E-state index in [1.165, 1.54) is 8.87 Å². The van der Waals surface area contributed by atoms with E-state index in [1.54, 1.807) is 0 Å². The van der Waals surface area contributed by atoms with Crippen molar-refractivity contribution in [3.05, 3.63) is 34.5 Å². The Kier molecular flexibility index (Phi) is 1.95. The molecule has 0 radical (unpaired) electrons. The summed E-state index contributed by atoms with van der Waals surface area (Å²) in [5.41, 5.74) is 0. The molecule has 0 saturated carbocycles. The van der Waals surface area contributed by atoms with Crippen LogP contribution in [0.3, 0.4) is 0 Å². The summed E-state index contributed by atoms with van der Waals surface area (Å²) in [6.45, 7) is 4.14. The van der Waals surface area contributed by atoms with Gasteiger partial charge in [-0.2, -0.15) is 0 Å². The summed E-state index contributed by atoms with van der Waals surface area (Å²) in [6, 6.07) is 8.40. The van der Waals surface area contributed by atoms with Gasteiger partial charge < -0.3 is 0 Å². The standard InChI is InChI=1S/C10H10OSe/c1-7-3-5-9(11-7)10-6-4-8(2)12-10/h3-6H,1-2H3. The van der Waals surface area contributed by atoms with Gasteiger partial charge in [0.25, 0.3) is 0 Å². The van der Waals surface area contributed by atoms with Crippen molar-refractivity contribution in [2.75, 3.05) is 0 Å². The van der Waals surface area contributed by atoms with Crippen molar-refractivity contribution >= 4 is 14.5 Å². The van der Waals surface area contributed by atoms with E-state index in [1.807, 2.05) is 13.0 Å². The molecule has 0 unspecified atom stereocenters. The number of hydrogen-bond acceptors (Lipinski definition) is 1. The Morgan fingerprint density at radius 2 is 1.92 bits per heavy atom. The van der Waals surface area contributed by atoms with Gasteiger partial charge in [0, 0.05) is 0 Å². The maximum absolute atomic E-state index is 5.53. The van der Waals surface area contributed by atoms with Crippen molar-refractivity contribution in [1.82, 2.24) is 0 Å². The first kappa shape index (κ1) is 7.90. The predicted octanol–water partition coefficient (Wildman–Crippen LogP) is 2.62. The zero-order valence-electron chi connectivity index (χ0n) is 7.13. The quantitative estimate of drug-likeness (QED) is 0.680. The molecule has 2 aromatic heterocycles. The second kappa shape index (κ2) is 2.96. The third-order valence-electron chi connectivity index (χ3n) is 1.72. The SMILES string of the molecule is Cc1ccc(-c2ccc(C)[se]2)o1. The molecule has 0 fully saturated rings. The fourth-order valence-corrected chi connectivity index (χ4v) is 2.87. The fraction of sp³-hybridized carbons (Fsp3) is 0.200. The zero-order chi connectivity index (χ0) is 8.55. The van der Waals surface area contributed by atoms with Gasteiger partial charge in [0.05, 0.1) is 0 Å². The molecule has 0 aliphatic rings. The second-order valence-corrected chi connectivity index (χ2v) is 5.52. The minimum absolute atomic E-state index is 0.490. The number of aryl methyl sites for hydroxylation is 2. The van der Waals surface area contributed by atoms with Crippen molar-refractivity contribution in [2.45, 2.75) is 13.8 Å². The van der Waals surface area contributed by atoms with Gasteiger partial charge in [-0.05, 0) is 0 Å². The van der Waals surface area contributed by atoms with Crippen LogP contribution >= 0.6 is 0 Å². The van der Waals surface area contributed by atoms with Gasteiger partial charge >= 0.3 is 77.4 Å². The molecule has 1 nitrogen and oxygen atoms in total. The number of hydrogen-bond donors (Lipinski definition) is 0. The Bertz CT molecular complexity index is 346. The van der Waals surface area contributed by atoms with E-state index >= 15 is 0 Å². The van der Waals surface area contributed by atoms with Gasteiger partial charge in [0.2, 0.25) is 0 Å². The van der Waals surface area contributed by atoms with Crippen LogP contribution in [0.2, 0.25) is 0 Å². The summed E-state index contributed by atoms with van der Waals surface area (Å²) >= 11 is 0.490. The molecule has 0 spiro atoms. The Balaban J connectivity index is 2.43. The predicted molar refractivity (Wildman–Crippen MR) is 50.6 cm³/mol. The number of furan rings is 1. The van der Waals surface area contributed by atoms with E-state index in [0.717, 1.165) is 11.5 Å². The van der Waals surface area contributed by atoms with Crippen LogP contribution in [0.5, 0.6) is 0 Å². The van der Waals surface area contributed by atoms with E-state index in [9.17, 15) is 0 Å². The molecule has 62 valence electrons. The van der Waals surface area contributed by atoms with Crippen molar-refractivity contribution in [2.24, 2.45) is 0 Å². The van der Waals surface area contributed by atoms with Crippen LogP contribution in [0, 0.1) is 13.8 Å². The molecular weight excluding hydrogens is 215 g/mol. The molecule has 2 rings (SSSR count). The van der Waals surface area contributed by atoms with E-state index in [-0.39, 0.29) is 0 Å². The topological polar surface area (TPSA) is 13.1 Å². The van der Waals surface area contributed by atoms with Crippen LogP contribution in [0.4, 0.5) is 0 Å². The van der Waals surface area contributed by atoms with E-state index < -0.39 is 0 Å². The Morgan fingerprint density at radius 3 is 2.42 bits per heavy atom. The fourth-order valence-electron chi connectivity index (χ4n) is 1.13. The van der Waals surface area contributed by atoms with Gasteiger partial charge in [-0.15, -0.1) is 0 Å². The average Bonchev–Trinajstić information content (AvgIpc) is 2.58. The second-order valence-electron chi connectivity index (χ2n) is 2.82. The summed E-state index contributed by atoms with van der Waals surface area (Å²) in [7, 11) is 0. The van der Waals surface area contributed by atoms with Crippen molar-refractivity contribution in [3.63, 3.8) is 0 Å². The first-order chi connectivity index (χ1) is 5.75. The van der Waals surface area contributed by atoms with E-state index in [4.69, 9.17) is 4.42 Å². The van der Waals surface area contributed by atoms with Crippen molar-refractivity contribution in [1.29, 1.82) is 0 Å². The molecule has 2 heterocycles. The van der Waals surface area contributed by atoms with Gasteiger partial charge in [0.1, 0.15) is 0 Å². The van der Waals surface area contributed by atoms with Gasteiger partial charge in [0.15, 0.2) is 0 Å². The molecule has 12 heavy (non-hydrogen) atoms. The molecule has 0 bridgehead atoms. The van der Waals surface area contributed by atoms with Crippen LogP contribution in [-0.4, -0.2) is 14.5 Å². The normalized spacial score (nSPS) is 10.5. The average molecular weight is 225 g/mol. The van der Waals surface area contributed by atoms with Crippen LogP contribution < -0.4 is 0 Å². The molecule has 0 saturated heterocycles. The molecule has 0 aliphatic heterocycles. The Morgan fingerprint density at radius 1 is 1.08 bits per heavy atom. The summed E-state index contributed by atoms with van der Waals surface area (Å²) < 4.78 is 8.35. The van der Waals surface area contributed by atoms with E-state index in [2.05, 4.69) is 25.1 Å². The summed E-state index contributed by atoms with van der Waals surface area (Å²) in [5.74, 6) is 2.03. The van der Waals surface area contributed by atoms with Gasteiger partial charge in [-0.25, -0.2) is 0 Å². The summed E-state index contributed by atoms with van der Waals surface area (Å²) in [4.78, 5) is 0. The molecule has 0 aliphatic carbocycles. The van der Waals surface area contributed by atoms with Crippen molar-refractivity contribution < 1.29 is 4.42 Å². The molecule has 0 aromatic carbocycles. The van der Waals surface area contributed by atoms with Crippen molar-refractivity contribution in [3.8, 4) is 10.2 Å². The van der Waals surface area contributed by atoms with Gasteiger partial charge in [-0.3, -0.25) is 0 Å². The van der Waals surface area contributed by atoms with Crippen LogP contribution in [0.25, 0.3) is 10.2 Å². The monoisotopic (exact) mass is 226 g/mol. The zero-order valence-corrected chi connectivity index (χ0v) is 8.84. The van der Waals surface area contributed by atoms with Crippen LogP contribution in [-0.2, 0) is 0 Å². The molecule has 2 aromatic rings. The number of rotatable bonds is 1. The summed E-state index contributed by atoms with van der Waals surface area (Å²) in [6.07, 6.45) is 0. The molecule has 0 amide bonds. The first-order valence-electron chi connectivity index (χ1n) is 3.89. The third kappa shape index (κ3) is 1.40. The summed E-state index contributed by atoms with van der Waals surface area (Å²) in [5, 5.41) is 0. The molecule has 0 atom stereocenters. The third-order valence-corrected chi connectivity index (χ3v) is 3.85. The Hall–Kier alpha value is -0.721. The minimum atomic E-state index is 0.490. The van der Waals surface area contributed by atoms with E-state index in [0.29, 0.717) is 14.5 Å². The Labute approximate surface area is 77.8 Å². The molecular formula is C10H10OSe. The van der Waals surface area contributed by atoms with Crippen LogP contribution in [0.15, 0.2) is 28.7 Å². The molecule has 2 heteroatoms. The first-order valence-corrected chi connectivity index (χ1v) is 5.60. The van der Waals surface area contributed by atoms with Gasteiger partial charge in [-0.1, -0.05) is 0 Å². The molecule has 0 N–H and O–H groups in total.